The average molecular weight is 495 g/mol. The molecule has 0 aliphatic carbocycles. The van der Waals surface area contributed by atoms with Gasteiger partial charge in [-0.3, -0.25) is 19.0 Å². The summed E-state index contributed by atoms with van der Waals surface area (Å²) in [7, 11) is 1.59. The number of ether oxygens (including phenoxy) is 1. The maximum atomic E-state index is 13.2. The molecule has 2 amide bonds. The molecule has 2 aromatic carbocycles. The van der Waals surface area contributed by atoms with Crippen molar-refractivity contribution < 1.29 is 14.3 Å². The Balaban J connectivity index is 1.55. The van der Waals surface area contributed by atoms with E-state index in [0.29, 0.717) is 32.5 Å². The summed E-state index contributed by atoms with van der Waals surface area (Å²) >= 11 is 2.53. The third-order valence-corrected chi connectivity index (χ3v) is 6.72. The Kier molecular flexibility index (Phi) is 7.29. The highest BCUT2D eigenvalue weighted by molar-refractivity contribution is 7.99. The number of rotatable bonds is 8. The monoisotopic (exact) mass is 494 g/mol. The molecule has 2 aromatic heterocycles. The van der Waals surface area contributed by atoms with Gasteiger partial charge in [0.05, 0.1) is 24.9 Å². The van der Waals surface area contributed by atoms with Crippen molar-refractivity contribution in [3.63, 3.8) is 0 Å². The third kappa shape index (κ3) is 5.46. The van der Waals surface area contributed by atoms with Crippen molar-refractivity contribution in [3.8, 4) is 5.75 Å². The Morgan fingerprint density at radius 3 is 2.62 bits per heavy atom. The van der Waals surface area contributed by atoms with Gasteiger partial charge in [0.15, 0.2) is 5.16 Å². The van der Waals surface area contributed by atoms with E-state index in [9.17, 15) is 14.4 Å². The normalized spacial score (nSPS) is 10.8. The number of carbonyl (C=O) groups excluding carboxylic acids is 2. The van der Waals surface area contributed by atoms with Crippen molar-refractivity contribution in [2.75, 3.05) is 23.5 Å². The van der Waals surface area contributed by atoms with Crippen LogP contribution in [0.3, 0.4) is 0 Å². The second kappa shape index (κ2) is 10.5. The lowest BCUT2D eigenvalue weighted by molar-refractivity contribution is -0.114. The van der Waals surface area contributed by atoms with Crippen LogP contribution >= 0.6 is 23.1 Å². The smallest absolute Gasteiger partial charge is 0.272 e. The van der Waals surface area contributed by atoms with Crippen LogP contribution in [0.15, 0.2) is 69.9 Å². The van der Waals surface area contributed by atoms with E-state index in [1.54, 1.807) is 42.0 Å². The van der Waals surface area contributed by atoms with Crippen molar-refractivity contribution in [2.24, 2.45) is 0 Å². The average Bonchev–Trinajstić information content (AvgIpc) is 3.29. The summed E-state index contributed by atoms with van der Waals surface area (Å²) < 4.78 is 7.58. The predicted octanol–water partition coefficient (Wildman–Crippen LogP) is 4.20. The van der Waals surface area contributed by atoms with Crippen LogP contribution in [0.4, 0.5) is 11.4 Å². The van der Waals surface area contributed by atoms with Crippen molar-refractivity contribution >= 4 is 56.5 Å². The Labute approximate surface area is 204 Å². The van der Waals surface area contributed by atoms with Crippen LogP contribution in [0, 0.1) is 0 Å². The lowest BCUT2D eigenvalue weighted by Gasteiger charge is -2.14. The van der Waals surface area contributed by atoms with Crippen molar-refractivity contribution in [2.45, 2.75) is 18.6 Å². The van der Waals surface area contributed by atoms with Gasteiger partial charge in [0.25, 0.3) is 5.56 Å². The zero-order chi connectivity index (χ0) is 24.1. The van der Waals surface area contributed by atoms with E-state index in [2.05, 4.69) is 15.6 Å². The van der Waals surface area contributed by atoms with Crippen LogP contribution in [-0.4, -0.2) is 34.2 Å². The first kappa shape index (κ1) is 23.5. The molecule has 0 unspecified atom stereocenters. The van der Waals surface area contributed by atoms with Crippen LogP contribution < -0.4 is 20.9 Å². The molecule has 0 aliphatic heterocycles. The van der Waals surface area contributed by atoms with Gasteiger partial charge in [-0.05, 0) is 35.7 Å². The van der Waals surface area contributed by atoms with Crippen LogP contribution in [0.5, 0.6) is 5.75 Å². The highest BCUT2D eigenvalue weighted by Gasteiger charge is 2.16. The molecule has 34 heavy (non-hydrogen) atoms. The molecule has 4 rings (SSSR count). The number of nitrogens with zero attached hydrogens (tertiary/aromatic N) is 2. The summed E-state index contributed by atoms with van der Waals surface area (Å²) in [5.74, 6) is 0.280. The standard InChI is InChI=1S/C24H22N4O4S2/c1-15(29)25-17-7-5-8-18(12-17)26-21(30)14-34-24-27-19-10-11-33-22(19)23(31)28(24)13-16-6-3-4-9-20(16)32-2/h3-12H,13-14H2,1-2H3,(H,25,29)(H,26,30). The maximum absolute atomic E-state index is 13.2. The minimum atomic E-state index is -0.256. The Morgan fingerprint density at radius 1 is 1.09 bits per heavy atom. The molecule has 2 N–H and O–H groups in total. The van der Waals surface area contributed by atoms with Gasteiger partial charge in [-0.25, -0.2) is 4.98 Å². The molecule has 4 aromatic rings. The highest BCUT2D eigenvalue weighted by Crippen LogP contribution is 2.25. The van der Waals surface area contributed by atoms with E-state index in [1.165, 1.54) is 30.0 Å². The Hall–Kier alpha value is -3.63. The molecule has 2 heterocycles. The van der Waals surface area contributed by atoms with E-state index in [4.69, 9.17) is 4.74 Å². The molecule has 0 saturated carbocycles. The Bertz CT molecular complexity index is 1410. The van der Waals surface area contributed by atoms with Gasteiger partial charge in [0.1, 0.15) is 10.4 Å². The first-order valence-corrected chi connectivity index (χ1v) is 12.2. The number of para-hydroxylation sites is 1. The van der Waals surface area contributed by atoms with E-state index >= 15 is 0 Å². The van der Waals surface area contributed by atoms with Gasteiger partial charge in [-0.1, -0.05) is 36.0 Å². The minimum absolute atomic E-state index is 0.0539. The first-order chi connectivity index (χ1) is 16.4. The number of hydrogen-bond donors (Lipinski definition) is 2. The van der Waals surface area contributed by atoms with Gasteiger partial charge >= 0.3 is 0 Å². The minimum Gasteiger partial charge on any atom is -0.496 e. The molecule has 0 spiro atoms. The molecule has 0 atom stereocenters. The number of methoxy groups -OCH3 is 1. The molecular formula is C24H22N4O4S2. The van der Waals surface area contributed by atoms with E-state index in [-0.39, 0.29) is 29.7 Å². The SMILES string of the molecule is COc1ccccc1Cn1c(SCC(=O)Nc2cccc(NC(C)=O)c2)nc2ccsc2c1=O. The van der Waals surface area contributed by atoms with Crippen molar-refractivity contribution in [3.05, 3.63) is 75.9 Å². The predicted molar refractivity (Wildman–Crippen MR) is 136 cm³/mol. The second-order valence-corrected chi connectivity index (χ2v) is 9.19. The summed E-state index contributed by atoms with van der Waals surface area (Å²) in [4.78, 5) is 41.8. The van der Waals surface area contributed by atoms with E-state index < -0.39 is 0 Å². The van der Waals surface area contributed by atoms with Gasteiger partial charge in [0.2, 0.25) is 11.8 Å². The fourth-order valence-corrected chi connectivity index (χ4v) is 4.96. The van der Waals surface area contributed by atoms with Crippen LogP contribution in [0.1, 0.15) is 12.5 Å². The second-order valence-electron chi connectivity index (χ2n) is 7.33. The van der Waals surface area contributed by atoms with Crippen LogP contribution in [-0.2, 0) is 16.1 Å². The largest absolute Gasteiger partial charge is 0.496 e. The van der Waals surface area contributed by atoms with Gasteiger partial charge in [-0.15, -0.1) is 11.3 Å². The molecular weight excluding hydrogens is 472 g/mol. The summed E-state index contributed by atoms with van der Waals surface area (Å²) in [5, 5.41) is 7.78. The number of fused-ring (bicyclic) bond motifs is 1. The number of benzene rings is 2. The lowest BCUT2D eigenvalue weighted by atomic mass is 10.2. The fraction of sp³-hybridized carbons (Fsp3) is 0.167. The molecule has 174 valence electrons. The number of anilines is 2. The summed E-state index contributed by atoms with van der Waals surface area (Å²) in [6.45, 7) is 1.69. The van der Waals surface area contributed by atoms with Crippen LogP contribution in [0.2, 0.25) is 0 Å². The third-order valence-electron chi connectivity index (χ3n) is 4.85. The van der Waals surface area contributed by atoms with Gasteiger partial charge in [-0.2, -0.15) is 0 Å². The van der Waals surface area contributed by atoms with Crippen LogP contribution in [0.25, 0.3) is 10.2 Å². The number of thioether (sulfide) groups is 1. The van der Waals surface area contributed by atoms with E-state index in [0.717, 1.165) is 5.56 Å². The number of nitrogens with one attached hydrogen (secondary N) is 2. The quantitative estimate of drug-likeness (QED) is 0.281. The molecule has 8 nitrogen and oxygen atoms in total. The zero-order valence-corrected chi connectivity index (χ0v) is 20.2. The van der Waals surface area contributed by atoms with E-state index in [1.807, 2.05) is 29.6 Å². The van der Waals surface area contributed by atoms with Gasteiger partial charge in [0, 0.05) is 23.9 Å². The fourth-order valence-electron chi connectivity index (χ4n) is 3.38. The highest BCUT2D eigenvalue weighted by atomic mass is 32.2. The topological polar surface area (TPSA) is 102 Å². The molecule has 0 aliphatic rings. The molecule has 10 heteroatoms. The molecule has 0 radical (unpaired) electrons. The van der Waals surface area contributed by atoms with Crippen molar-refractivity contribution in [1.29, 1.82) is 0 Å². The number of aromatic nitrogens is 2. The van der Waals surface area contributed by atoms with Crippen molar-refractivity contribution in [1.82, 2.24) is 9.55 Å². The molecule has 0 fully saturated rings. The zero-order valence-electron chi connectivity index (χ0n) is 18.5. The Morgan fingerprint density at radius 2 is 1.85 bits per heavy atom. The summed E-state index contributed by atoms with van der Waals surface area (Å²) in [6, 6.07) is 16.2. The number of carbonyl (C=O) groups is 2. The van der Waals surface area contributed by atoms with Gasteiger partial charge < -0.3 is 15.4 Å². The lowest BCUT2D eigenvalue weighted by Crippen LogP contribution is -2.24. The molecule has 0 bridgehead atoms. The number of hydrogen-bond acceptors (Lipinski definition) is 7. The summed E-state index contributed by atoms with van der Waals surface area (Å²) in [6.07, 6.45) is 0. The number of thiophene rings is 1. The maximum Gasteiger partial charge on any atom is 0.272 e. The molecule has 0 saturated heterocycles. The number of amides is 2. The first-order valence-electron chi connectivity index (χ1n) is 10.3. The summed E-state index contributed by atoms with van der Waals surface area (Å²) in [5.41, 5.74) is 2.44.